The maximum absolute atomic E-state index is 3.96. The van der Waals surface area contributed by atoms with Gasteiger partial charge in [0.2, 0.25) is 0 Å². The van der Waals surface area contributed by atoms with Crippen LogP contribution in [0.25, 0.3) is 0 Å². The first-order chi connectivity index (χ1) is 6.93. The fourth-order valence-corrected chi connectivity index (χ4v) is 2.24. The molecular weight excluding hydrogens is 174 g/mol. The number of aromatic amines is 1. The summed E-state index contributed by atoms with van der Waals surface area (Å²) in [4.78, 5) is 0. The Hall–Kier alpha value is -0.830. The van der Waals surface area contributed by atoms with Gasteiger partial charge in [-0.05, 0) is 37.5 Å². The van der Waals surface area contributed by atoms with Crippen molar-refractivity contribution in [3.05, 3.63) is 18.0 Å². The fraction of sp³-hybridized carbons (Fsp3) is 0.727. The number of aromatic nitrogens is 2. The van der Waals surface area contributed by atoms with Gasteiger partial charge >= 0.3 is 0 Å². The van der Waals surface area contributed by atoms with E-state index in [0.29, 0.717) is 0 Å². The lowest BCUT2D eigenvalue weighted by atomic mass is 10.1. The molecule has 2 aliphatic rings. The quantitative estimate of drug-likeness (QED) is 0.743. The molecule has 0 aromatic carbocycles. The van der Waals surface area contributed by atoms with Crippen LogP contribution in [0.15, 0.2) is 12.4 Å². The summed E-state index contributed by atoms with van der Waals surface area (Å²) in [6.07, 6.45) is 9.66. The molecule has 3 nitrogen and oxygen atoms in total. The molecule has 2 N–H and O–H groups in total. The van der Waals surface area contributed by atoms with Gasteiger partial charge in [0, 0.05) is 24.3 Å². The maximum atomic E-state index is 3.96. The predicted molar refractivity (Wildman–Crippen MR) is 54.7 cm³/mol. The van der Waals surface area contributed by atoms with E-state index in [0.717, 1.165) is 24.4 Å². The van der Waals surface area contributed by atoms with E-state index in [2.05, 4.69) is 15.5 Å². The van der Waals surface area contributed by atoms with Gasteiger partial charge in [-0.25, -0.2) is 0 Å². The molecule has 3 heteroatoms. The second-order valence-electron chi connectivity index (χ2n) is 4.69. The molecule has 0 amide bonds. The summed E-state index contributed by atoms with van der Waals surface area (Å²) < 4.78 is 0. The molecule has 1 aromatic heterocycles. The van der Waals surface area contributed by atoms with Crippen LogP contribution in [0.3, 0.4) is 0 Å². The number of hydrogen-bond donors (Lipinski definition) is 2. The van der Waals surface area contributed by atoms with Crippen LogP contribution in [0.5, 0.6) is 0 Å². The van der Waals surface area contributed by atoms with Gasteiger partial charge in [-0.1, -0.05) is 0 Å². The Balaban J connectivity index is 1.54. The summed E-state index contributed by atoms with van der Waals surface area (Å²) >= 11 is 0. The lowest BCUT2D eigenvalue weighted by molar-refractivity contribution is 0.416. The molecule has 76 valence electrons. The van der Waals surface area contributed by atoms with Gasteiger partial charge in [0.05, 0.1) is 6.20 Å². The van der Waals surface area contributed by atoms with Crippen molar-refractivity contribution in [1.29, 1.82) is 0 Å². The number of rotatable bonds is 5. The Labute approximate surface area is 84.3 Å². The van der Waals surface area contributed by atoms with E-state index in [4.69, 9.17) is 0 Å². The SMILES string of the molecule is c1n[nH]cc1CNC(C1CC1)C1CC1. The molecule has 0 atom stereocenters. The van der Waals surface area contributed by atoms with Gasteiger partial charge in [-0.3, -0.25) is 5.10 Å². The third-order valence-corrected chi connectivity index (χ3v) is 3.36. The van der Waals surface area contributed by atoms with Crippen LogP contribution in [-0.4, -0.2) is 16.2 Å². The zero-order valence-electron chi connectivity index (χ0n) is 8.37. The molecule has 2 fully saturated rings. The Kier molecular flexibility index (Phi) is 2.05. The van der Waals surface area contributed by atoms with Crippen molar-refractivity contribution in [3.63, 3.8) is 0 Å². The van der Waals surface area contributed by atoms with Gasteiger partial charge in [0.15, 0.2) is 0 Å². The monoisotopic (exact) mass is 191 g/mol. The molecule has 2 aliphatic carbocycles. The van der Waals surface area contributed by atoms with Crippen LogP contribution < -0.4 is 5.32 Å². The predicted octanol–water partition coefficient (Wildman–Crippen LogP) is 1.69. The number of nitrogens with zero attached hydrogens (tertiary/aromatic N) is 1. The summed E-state index contributed by atoms with van der Waals surface area (Å²) in [5, 5.41) is 10.5. The summed E-state index contributed by atoms with van der Waals surface area (Å²) in [5.74, 6) is 1.96. The molecule has 0 saturated heterocycles. The summed E-state index contributed by atoms with van der Waals surface area (Å²) in [6.45, 7) is 0.980. The fourth-order valence-electron chi connectivity index (χ4n) is 2.24. The first-order valence-electron chi connectivity index (χ1n) is 5.64. The molecule has 1 aromatic rings. The van der Waals surface area contributed by atoms with E-state index in [1.807, 2.05) is 12.4 Å². The van der Waals surface area contributed by atoms with Crippen molar-refractivity contribution < 1.29 is 0 Å². The Morgan fingerprint density at radius 1 is 1.36 bits per heavy atom. The maximum Gasteiger partial charge on any atom is 0.0532 e. The minimum absolute atomic E-state index is 0.796. The molecule has 2 saturated carbocycles. The highest BCUT2D eigenvalue weighted by Crippen LogP contribution is 2.44. The molecule has 0 unspecified atom stereocenters. The third kappa shape index (κ3) is 1.82. The Morgan fingerprint density at radius 3 is 2.57 bits per heavy atom. The molecule has 0 radical (unpaired) electrons. The van der Waals surface area contributed by atoms with Crippen LogP contribution in [0.4, 0.5) is 0 Å². The zero-order valence-corrected chi connectivity index (χ0v) is 8.37. The summed E-state index contributed by atoms with van der Waals surface area (Å²) in [6, 6.07) is 0.796. The van der Waals surface area contributed by atoms with Crippen molar-refractivity contribution in [1.82, 2.24) is 15.5 Å². The van der Waals surface area contributed by atoms with E-state index >= 15 is 0 Å². The van der Waals surface area contributed by atoms with E-state index in [1.165, 1.54) is 31.2 Å². The average Bonchev–Trinajstić information content (AvgIpc) is 3.09. The minimum atomic E-state index is 0.796. The zero-order chi connectivity index (χ0) is 9.38. The van der Waals surface area contributed by atoms with Crippen LogP contribution >= 0.6 is 0 Å². The van der Waals surface area contributed by atoms with E-state index in [1.54, 1.807) is 0 Å². The Morgan fingerprint density at radius 2 is 2.07 bits per heavy atom. The normalized spacial score (nSPS) is 21.8. The van der Waals surface area contributed by atoms with E-state index in [-0.39, 0.29) is 0 Å². The summed E-state index contributed by atoms with van der Waals surface area (Å²) in [7, 11) is 0. The molecular formula is C11H17N3. The largest absolute Gasteiger partial charge is 0.309 e. The second kappa shape index (κ2) is 3.39. The molecule has 1 heterocycles. The minimum Gasteiger partial charge on any atom is -0.309 e. The number of H-pyrrole nitrogens is 1. The topological polar surface area (TPSA) is 40.7 Å². The second-order valence-corrected chi connectivity index (χ2v) is 4.69. The smallest absolute Gasteiger partial charge is 0.0532 e. The lowest BCUT2D eigenvalue weighted by Gasteiger charge is -2.16. The van der Waals surface area contributed by atoms with Crippen LogP contribution in [0.2, 0.25) is 0 Å². The molecule has 14 heavy (non-hydrogen) atoms. The van der Waals surface area contributed by atoms with Crippen molar-refractivity contribution in [2.45, 2.75) is 38.3 Å². The first kappa shape index (κ1) is 8.48. The van der Waals surface area contributed by atoms with Gasteiger partial charge in [0.1, 0.15) is 0 Å². The number of hydrogen-bond acceptors (Lipinski definition) is 2. The first-order valence-corrected chi connectivity index (χ1v) is 5.64. The van der Waals surface area contributed by atoms with Gasteiger partial charge in [-0.2, -0.15) is 5.10 Å². The highest BCUT2D eigenvalue weighted by molar-refractivity contribution is 5.04. The highest BCUT2D eigenvalue weighted by Gasteiger charge is 2.40. The van der Waals surface area contributed by atoms with Gasteiger partial charge < -0.3 is 5.32 Å². The number of nitrogens with one attached hydrogen (secondary N) is 2. The summed E-state index contributed by atoms with van der Waals surface area (Å²) in [5.41, 5.74) is 1.27. The van der Waals surface area contributed by atoms with Crippen LogP contribution in [0, 0.1) is 11.8 Å². The molecule has 3 rings (SSSR count). The van der Waals surface area contributed by atoms with Crippen LogP contribution in [0.1, 0.15) is 31.2 Å². The standard InChI is InChI=1S/C11H17N3/c1-2-9(1)11(10-3-4-10)12-5-8-6-13-14-7-8/h6-7,9-12H,1-5H2,(H,13,14). The van der Waals surface area contributed by atoms with Crippen molar-refractivity contribution >= 4 is 0 Å². The highest BCUT2D eigenvalue weighted by atomic mass is 15.1. The van der Waals surface area contributed by atoms with Crippen molar-refractivity contribution in [3.8, 4) is 0 Å². The van der Waals surface area contributed by atoms with E-state index < -0.39 is 0 Å². The molecule has 0 bridgehead atoms. The molecule has 0 spiro atoms. The van der Waals surface area contributed by atoms with Gasteiger partial charge in [0.25, 0.3) is 0 Å². The molecule has 0 aliphatic heterocycles. The van der Waals surface area contributed by atoms with E-state index in [9.17, 15) is 0 Å². The van der Waals surface area contributed by atoms with Crippen molar-refractivity contribution in [2.24, 2.45) is 11.8 Å². The van der Waals surface area contributed by atoms with Gasteiger partial charge in [-0.15, -0.1) is 0 Å². The average molecular weight is 191 g/mol. The Bertz CT molecular complexity index is 273. The van der Waals surface area contributed by atoms with Crippen LogP contribution in [-0.2, 0) is 6.54 Å². The third-order valence-electron chi connectivity index (χ3n) is 3.36. The lowest BCUT2D eigenvalue weighted by Crippen LogP contribution is -2.32. The van der Waals surface area contributed by atoms with Crippen molar-refractivity contribution in [2.75, 3.05) is 0 Å².